The number of carbonyl (C=O) groups excluding carboxylic acids is 1. The second-order valence-electron chi connectivity index (χ2n) is 5.34. The lowest BCUT2D eigenvalue weighted by Crippen LogP contribution is -2.34. The number of aromatic hydroxyl groups is 1. The van der Waals surface area contributed by atoms with Gasteiger partial charge in [-0.3, -0.25) is 4.79 Å². The third kappa shape index (κ3) is 3.92. The highest BCUT2D eigenvalue weighted by Crippen LogP contribution is 2.22. The average Bonchev–Trinajstić information content (AvgIpc) is 2.42. The number of Topliss-reactive ketones (excluding diaryl/α,β-unsaturated/α-hetero) is 1. The number of allylic oxidation sites excluding steroid dienone is 1. The van der Waals surface area contributed by atoms with Gasteiger partial charge in [0.1, 0.15) is 18.0 Å². The number of hydrogen-bond donors (Lipinski definition) is 3. The summed E-state index contributed by atoms with van der Waals surface area (Å²) in [6.07, 6.45) is 3.50. The Labute approximate surface area is 118 Å². The largest absolute Gasteiger partial charge is 0.508 e. The molecule has 0 aliphatic heterocycles. The molecular formula is C16H20O4. The van der Waals surface area contributed by atoms with E-state index < -0.39 is 12.2 Å². The normalized spacial score (nSPS) is 27.1. The molecule has 0 amide bonds. The summed E-state index contributed by atoms with van der Waals surface area (Å²) >= 11 is 0. The minimum absolute atomic E-state index is 0.156. The smallest absolute Gasteiger partial charge is 0.164 e. The number of rotatable bonds is 3. The molecule has 4 nitrogen and oxygen atoms in total. The number of ketones is 1. The molecule has 0 radical (unpaired) electrons. The van der Waals surface area contributed by atoms with Gasteiger partial charge in [0.05, 0.1) is 0 Å². The zero-order chi connectivity index (χ0) is 14.5. The van der Waals surface area contributed by atoms with E-state index in [2.05, 4.69) is 0 Å². The van der Waals surface area contributed by atoms with Gasteiger partial charge in [-0.1, -0.05) is 24.3 Å². The fourth-order valence-electron chi connectivity index (χ4n) is 2.50. The molecule has 3 unspecified atom stereocenters. The molecule has 3 N–H and O–H groups in total. The summed E-state index contributed by atoms with van der Waals surface area (Å²) in [6.45, 7) is 0. The van der Waals surface area contributed by atoms with Crippen molar-refractivity contribution < 1.29 is 20.1 Å². The van der Waals surface area contributed by atoms with Crippen LogP contribution < -0.4 is 0 Å². The van der Waals surface area contributed by atoms with Crippen LogP contribution in [-0.4, -0.2) is 33.3 Å². The number of hydrogen-bond acceptors (Lipinski definition) is 4. The summed E-state index contributed by atoms with van der Waals surface area (Å²) in [6, 6.07) is 7.09. The lowest BCUT2D eigenvalue weighted by Gasteiger charge is -2.21. The Morgan fingerprint density at radius 2 is 2.05 bits per heavy atom. The van der Waals surface area contributed by atoms with E-state index in [4.69, 9.17) is 0 Å². The molecule has 1 aliphatic rings. The Balaban J connectivity index is 1.95. The first-order valence-electron chi connectivity index (χ1n) is 6.89. The van der Waals surface area contributed by atoms with Gasteiger partial charge in [0.2, 0.25) is 0 Å². The number of aliphatic hydroxyl groups is 2. The summed E-state index contributed by atoms with van der Waals surface area (Å²) in [7, 11) is 0. The van der Waals surface area contributed by atoms with E-state index in [0.717, 1.165) is 18.4 Å². The van der Waals surface area contributed by atoms with Crippen LogP contribution in [0.5, 0.6) is 5.75 Å². The monoisotopic (exact) mass is 276 g/mol. The van der Waals surface area contributed by atoms with E-state index in [1.54, 1.807) is 18.2 Å². The van der Waals surface area contributed by atoms with E-state index >= 15 is 0 Å². The molecule has 1 aromatic rings. The lowest BCUT2D eigenvalue weighted by molar-refractivity contribution is -0.132. The highest BCUT2D eigenvalue weighted by Gasteiger charge is 2.26. The Bertz CT molecular complexity index is 495. The first-order chi connectivity index (χ1) is 9.56. The van der Waals surface area contributed by atoms with Crippen LogP contribution in [0.3, 0.4) is 0 Å². The quantitative estimate of drug-likeness (QED) is 0.733. The summed E-state index contributed by atoms with van der Waals surface area (Å²) in [5.74, 6) is 0.0979. The Morgan fingerprint density at radius 3 is 2.80 bits per heavy atom. The third-order valence-electron chi connectivity index (χ3n) is 3.70. The predicted octanol–water partition coefficient (Wildman–Crippen LogP) is 1.58. The number of phenolic OH excluding ortho intramolecular Hbond substituents is 1. The molecule has 0 saturated carbocycles. The van der Waals surface area contributed by atoms with Crippen molar-refractivity contribution in [3.05, 3.63) is 42.0 Å². The standard InChI is InChI=1S/C16H20O4/c17-13-5-1-3-11(9-13)7-8-12-4-2-6-14(18)16(20)15(19)10-12/h1-3,5-6,9,12,14,16-18,20H,4,7-8,10H2. The Hall–Kier alpha value is -1.65. The molecule has 0 aromatic heterocycles. The minimum atomic E-state index is -1.31. The average molecular weight is 276 g/mol. The Morgan fingerprint density at radius 1 is 1.25 bits per heavy atom. The van der Waals surface area contributed by atoms with Crippen LogP contribution in [0.4, 0.5) is 0 Å². The van der Waals surface area contributed by atoms with Crippen molar-refractivity contribution in [1.82, 2.24) is 0 Å². The topological polar surface area (TPSA) is 77.8 Å². The van der Waals surface area contributed by atoms with Gasteiger partial charge >= 0.3 is 0 Å². The maximum atomic E-state index is 11.8. The van der Waals surface area contributed by atoms with Crippen molar-refractivity contribution in [3.63, 3.8) is 0 Å². The number of aryl methyl sites for hydroxylation is 1. The molecule has 0 saturated heterocycles. The number of aliphatic hydroxyl groups excluding tert-OH is 2. The maximum Gasteiger partial charge on any atom is 0.164 e. The fraction of sp³-hybridized carbons (Fsp3) is 0.438. The molecule has 2 rings (SSSR count). The number of benzene rings is 1. The van der Waals surface area contributed by atoms with Crippen molar-refractivity contribution in [2.24, 2.45) is 5.92 Å². The van der Waals surface area contributed by atoms with Crippen molar-refractivity contribution in [1.29, 1.82) is 0 Å². The van der Waals surface area contributed by atoms with E-state index in [1.165, 1.54) is 6.08 Å². The van der Waals surface area contributed by atoms with Crippen LogP contribution in [-0.2, 0) is 11.2 Å². The van der Waals surface area contributed by atoms with Crippen LogP contribution in [0.15, 0.2) is 36.4 Å². The summed E-state index contributed by atoms with van der Waals surface area (Å²) in [4.78, 5) is 11.8. The summed E-state index contributed by atoms with van der Waals surface area (Å²) < 4.78 is 0. The van der Waals surface area contributed by atoms with Crippen LogP contribution >= 0.6 is 0 Å². The van der Waals surface area contributed by atoms with Gasteiger partial charge in [-0.2, -0.15) is 0 Å². The van der Waals surface area contributed by atoms with Crippen molar-refractivity contribution >= 4 is 5.78 Å². The molecule has 20 heavy (non-hydrogen) atoms. The molecule has 0 heterocycles. The van der Waals surface area contributed by atoms with E-state index in [9.17, 15) is 20.1 Å². The molecule has 4 heteroatoms. The molecule has 3 atom stereocenters. The zero-order valence-corrected chi connectivity index (χ0v) is 11.3. The fourth-order valence-corrected chi connectivity index (χ4v) is 2.50. The maximum absolute atomic E-state index is 11.8. The molecule has 0 bridgehead atoms. The van der Waals surface area contributed by atoms with Crippen LogP contribution in [0.2, 0.25) is 0 Å². The van der Waals surface area contributed by atoms with Gasteiger partial charge in [-0.05, 0) is 42.9 Å². The van der Waals surface area contributed by atoms with E-state index in [0.29, 0.717) is 6.42 Å². The highest BCUT2D eigenvalue weighted by molar-refractivity contribution is 5.84. The van der Waals surface area contributed by atoms with Crippen LogP contribution in [0.25, 0.3) is 0 Å². The van der Waals surface area contributed by atoms with E-state index in [1.807, 2.05) is 12.1 Å². The second-order valence-corrected chi connectivity index (χ2v) is 5.34. The number of carbonyl (C=O) groups is 1. The van der Waals surface area contributed by atoms with Crippen LogP contribution in [0.1, 0.15) is 24.8 Å². The predicted molar refractivity (Wildman–Crippen MR) is 75.3 cm³/mol. The van der Waals surface area contributed by atoms with E-state index in [-0.39, 0.29) is 23.9 Å². The first-order valence-corrected chi connectivity index (χ1v) is 6.89. The van der Waals surface area contributed by atoms with Gasteiger partial charge in [-0.25, -0.2) is 0 Å². The molecule has 1 aliphatic carbocycles. The number of phenols is 1. The van der Waals surface area contributed by atoms with Gasteiger partial charge in [0, 0.05) is 6.42 Å². The van der Waals surface area contributed by atoms with Gasteiger partial charge < -0.3 is 15.3 Å². The molecule has 0 spiro atoms. The third-order valence-corrected chi connectivity index (χ3v) is 3.70. The SMILES string of the molecule is O=C1CC(CCc2cccc(O)c2)CC=CC(O)C1O. The van der Waals surface area contributed by atoms with Gasteiger partial charge in [0.25, 0.3) is 0 Å². The van der Waals surface area contributed by atoms with Gasteiger partial charge in [-0.15, -0.1) is 0 Å². The summed E-state index contributed by atoms with van der Waals surface area (Å²) in [5, 5.41) is 28.5. The van der Waals surface area contributed by atoms with Crippen LogP contribution in [0, 0.1) is 5.92 Å². The van der Waals surface area contributed by atoms with Crippen molar-refractivity contribution in [3.8, 4) is 5.75 Å². The molecule has 108 valence electrons. The minimum Gasteiger partial charge on any atom is -0.508 e. The highest BCUT2D eigenvalue weighted by atomic mass is 16.3. The van der Waals surface area contributed by atoms with Crippen molar-refractivity contribution in [2.75, 3.05) is 0 Å². The zero-order valence-electron chi connectivity index (χ0n) is 11.3. The second kappa shape index (κ2) is 6.68. The van der Waals surface area contributed by atoms with Crippen molar-refractivity contribution in [2.45, 2.75) is 37.9 Å². The Kier molecular flexibility index (Phi) is 4.93. The lowest BCUT2D eigenvalue weighted by atomic mass is 9.87. The first kappa shape index (κ1) is 14.8. The summed E-state index contributed by atoms with van der Waals surface area (Å²) in [5.41, 5.74) is 1.03. The molecule has 1 aromatic carbocycles. The van der Waals surface area contributed by atoms with Gasteiger partial charge in [0.15, 0.2) is 5.78 Å². The molecule has 0 fully saturated rings. The molecular weight excluding hydrogens is 256 g/mol.